The zero-order valence-corrected chi connectivity index (χ0v) is 9.53. The third-order valence-electron chi connectivity index (χ3n) is 2.24. The van der Waals surface area contributed by atoms with Crippen molar-refractivity contribution in [1.82, 2.24) is 5.32 Å². The van der Waals surface area contributed by atoms with Gasteiger partial charge >= 0.3 is 5.97 Å². The van der Waals surface area contributed by atoms with Gasteiger partial charge in [-0.15, -0.1) is 0 Å². The second kappa shape index (κ2) is 4.98. The van der Waals surface area contributed by atoms with Gasteiger partial charge in [-0.3, -0.25) is 10.1 Å². The molecule has 1 aromatic rings. The van der Waals surface area contributed by atoms with Crippen LogP contribution in [0.5, 0.6) is 0 Å². The SMILES string of the molecule is COC(=O)C(C)NC(C)c1ccc(C)o1. The van der Waals surface area contributed by atoms with E-state index in [4.69, 9.17) is 4.42 Å². The van der Waals surface area contributed by atoms with E-state index in [1.807, 2.05) is 26.0 Å². The smallest absolute Gasteiger partial charge is 0.322 e. The highest BCUT2D eigenvalue weighted by molar-refractivity contribution is 5.75. The second-order valence-corrected chi connectivity index (χ2v) is 3.58. The molecule has 2 unspecified atom stereocenters. The van der Waals surface area contributed by atoms with E-state index >= 15 is 0 Å². The molecule has 0 aliphatic heterocycles. The normalized spacial score (nSPS) is 14.7. The molecule has 0 aliphatic rings. The Kier molecular flexibility index (Phi) is 3.91. The predicted molar refractivity (Wildman–Crippen MR) is 56.5 cm³/mol. The summed E-state index contributed by atoms with van der Waals surface area (Å²) in [5.41, 5.74) is 0. The van der Waals surface area contributed by atoms with E-state index in [1.165, 1.54) is 7.11 Å². The lowest BCUT2D eigenvalue weighted by Gasteiger charge is -2.16. The summed E-state index contributed by atoms with van der Waals surface area (Å²) in [5, 5.41) is 3.09. The van der Waals surface area contributed by atoms with E-state index in [-0.39, 0.29) is 18.1 Å². The Balaban J connectivity index is 2.55. The molecule has 1 N–H and O–H groups in total. The van der Waals surface area contributed by atoms with Crippen LogP contribution < -0.4 is 5.32 Å². The zero-order valence-electron chi connectivity index (χ0n) is 9.53. The Hall–Kier alpha value is -1.29. The number of methoxy groups -OCH3 is 1. The van der Waals surface area contributed by atoms with E-state index in [1.54, 1.807) is 6.92 Å². The van der Waals surface area contributed by atoms with E-state index in [9.17, 15) is 4.79 Å². The van der Waals surface area contributed by atoms with Crippen molar-refractivity contribution in [2.24, 2.45) is 0 Å². The van der Waals surface area contributed by atoms with Gasteiger partial charge in [0, 0.05) is 0 Å². The third-order valence-corrected chi connectivity index (χ3v) is 2.24. The van der Waals surface area contributed by atoms with E-state index in [2.05, 4.69) is 10.1 Å². The van der Waals surface area contributed by atoms with Gasteiger partial charge in [0.2, 0.25) is 0 Å². The number of carbonyl (C=O) groups excluding carboxylic acids is 1. The summed E-state index contributed by atoms with van der Waals surface area (Å²) in [4.78, 5) is 11.2. The van der Waals surface area contributed by atoms with Crippen LogP contribution in [0, 0.1) is 6.92 Å². The van der Waals surface area contributed by atoms with Crippen LogP contribution in [0.25, 0.3) is 0 Å². The standard InChI is InChI=1S/C11H17NO3/c1-7-5-6-10(15-7)8(2)12-9(3)11(13)14-4/h5-6,8-9,12H,1-4H3. The van der Waals surface area contributed by atoms with Crippen LogP contribution in [0.2, 0.25) is 0 Å². The minimum atomic E-state index is -0.338. The topological polar surface area (TPSA) is 51.5 Å². The highest BCUT2D eigenvalue weighted by Crippen LogP contribution is 2.16. The fourth-order valence-electron chi connectivity index (χ4n) is 1.39. The summed E-state index contributed by atoms with van der Waals surface area (Å²) >= 11 is 0. The van der Waals surface area contributed by atoms with Crippen LogP contribution in [-0.4, -0.2) is 19.1 Å². The summed E-state index contributed by atoms with van der Waals surface area (Å²) in [6.07, 6.45) is 0. The van der Waals surface area contributed by atoms with Gasteiger partial charge < -0.3 is 9.15 Å². The molecular weight excluding hydrogens is 194 g/mol. The first-order chi connectivity index (χ1) is 7.04. The van der Waals surface area contributed by atoms with Crippen molar-refractivity contribution in [3.63, 3.8) is 0 Å². The van der Waals surface area contributed by atoms with Gasteiger partial charge in [0.25, 0.3) is 0 Å². The number of aryl methyl sites for hydroxylation is 1. The average molecular weight is 211 g/mol. The van der Waals surface area contributed by atoms with Crippen molar-refractivity contribution < 1.29 is 13.9 Å². The Morgan fingerprint density at radius 1 is 1.47 bits per heavy atom. The van der Waals surface area contributed by atoms with Crippen LogP contribution in [0.4, 0.5) is 0 Å². The molecule has 15 heavy (non-hydrogen) atoms. The molecule has 1 rings (SSSR count). The Morgan fingerprint density at radius 2 is 2.13 bits per heavy atom. The highest BCUT2D eigenvalue weighted by atomic mass is 16.5. The Labute approximate surface area is 89.6 Å². The van der Waals surface area contributed by atoms with Crippen LogP contribution in [-0.2, 0) is 9.53 Å². The molecule has 0 bridgehead atoms. The number of rotatable bonds is 4. The minimum absolute atomic E-state index is 0.00667. The molecule has 4 nitrogen and oxygen atoms in total. The van der Waals surface area contributed by atoms with Crippen molar-refractivity contribution in [2.75, 3.05) is 7.11 Å². The Bertz CT molecular complexity index is 332. The summed E-state index contributed by atoms with van der Waals surface area (Å²) in [6.45, 7) is 5.59. The molecule has 0 amide bonds. The fraction of sp³-hybridized carbons (Fsp3) is 0.545. The molecule has 0 fully saturated rings. The summed E-state index contributed by atoms with van der Waals surface area (Å²) < 4.78 is 10.1. The molecule has 0 saturated carbocycles. The largest absolute Gasteiger partial charge is 0.468 e. The van der Waals surface area contributed by atoms with Gasteiger partial charge in [-0.05, 0) is 32.9 Å². The molecule has 2 atom stereocenters. The molecule has 0 aliphatic carbocycles. The lowest BCUT2D eigenvalue weighted by Crippen LogP contribution is -2.36. The minimum Gasteiger partial charge on any atom is -0.468 e. The van der Waals surface area contributed by atoms with Gasteiger partial charge in [0.05, 0.1) is 13.2 Å². The van der Waals surface area contributed by atoms with Gasteiger partial charge in [0.1, 0.15) is 17.6 Å². The molecule has 0 aromatic carbocycles. The maximum absolute atomic E-state index is 11.2. The van der Waals surface area contributed by atoms with Gasteiger partial charge in [-0.1, -0.05) is 0 Å². The Morgan fingerprint density at radius 3 is 2.60 bits per heavy atom. The van der Waals surface area contributed by atoms with Crippen molar-refractivity contribution in [2.45, 2.75) is 32.9 Å². The van der Waals surface area contributed by atoms with E-state index in [0.29, 0.717) is 0 Å². The van der Waals surface area contributed by atoms with Gasteiger partial charge in [0.15, 0.2) is 0 Å². The lowest BCUT2D eigenvalue weighted by molar-refractivity contribution is -0.142. The van der Waals surface area contributed by atoms with Crippen molar-refractivity contribution in [3.8, 4) is 0 Å². The molecule has 0 radical (unpaired) electrons. The quantitative estimate of drug-likeness (QED) is 0.771. The molecule has 4 heteroatoms. The number of carbonyl (C=O) groups is 1. The number of esters is 1. The zero-order chi connectivity index (χ0) is 11.4. The maximum atomic E-state index is 11.2. The number of furan rings is 1. The third kappa shape index (κ3) is 3.09. The first-order valence-electron chi connectivity index (χ1n) is 4.94. The predicted octanol–water partition coefficient (Wildman–Crippen LogP) is 1.80. The number of ether oxygens (including phenoxy) is 1. The number of hydrogen-bond donors (Lipinski definition) is 1. The van der Waals surface area contributed by atoms with Gasteiger partial charge in [-0.25, -0.2) is 0 Å². The summed E-state index contributed by atoms with van der Waals surface area (Å²) in [5.74, 6) is 1.41. The van der Waals surface area contributed by atoms with Crippen LogP contribution in [0.3, 0.4) is 0 Å². The molecule has 0 saturated heterocycles. The summed E-state index contributed by atoms with van der Waals surface area (Å²) in [6, 6.07) is 3.45. The average Bonchev–Trinajstić information content (AvgIpc) is 2.63. The molecule has 0 spiro atoms. The van der Waals surface area contributed by atoms with Gasteiger partial charge in [-0.2, -0.15) is 0 Å². The van der Waals surface area contributed by atoms with Crippen LogP contribution in [0.1, 0.15) is 31.4 Å². The number of hydrogen-bond acceptors (Lipinski definition) is 4. The first kappa shape index (κ1) is 11.8. The van der Waals surface area contributed by atoms with Crippen LogP contribution in [0.15, 0.2) is 16.5 Å². The fourth-order valence-corrected chi connectivity index (χ4v) is 1.39. The molecule has 84 valence electrons. The monoisotopic (exact) mass is 211 g/mol. The highest BCUT2D eigenvalue weighted by Gasteiger charge is 2.17. The molecular formula is C11H17NO3. The number of nitrogens with one attached hydrogen (secondary N) is 1. The van der Waals surface area contributed by atoms with E-state index < -0.39 is 0 Å². The molecule has 1 aromatic heterocycles. The molecule has 1 heterocycles. The maximum Gasteiger partial charge on any atom is 0.322 e. The van der Waals surface area contributed by atoms with Crippen molar-refractivity contribution in [3.05, 3.63) is 23.7 Å². The van der Waals surface area contributed by atoms with Crippen molar-refractivity contribution >= 4 is 5.97 Å². The second-order valence-electron chi connectivity index (χ2n) is 3.58. The summed E-state index contributed by atoms with van der Waals surface area (Å²) in [7, 11) is 1.38. The first-order valence-corrected chi connectivity index (χ1v) is 4.94. The van der Waals surface area contributed by atoms with Crippen LogP contribution >= 0.6 is 0 Å². The van der Waals surface area contributed by atoms with E-state index in [0.717, 1.165) is 11.5 Å². The van der Waals surface area contributed by atoms with Crippen molar-refractivity contribution in [1.29, 1.82) is 0 Å². The lowest BCUT2D eigenvalue weighted by atomic mass is 10.2.